The van der Waals surface area contributed by atoms with Gasteiger partial charge in [-0.05, 0) is 30.7 Å². The topological polar surface area (TPSA) is 80.9 Å². The average Bonchev–Trinajstić information content (AvgIpc) is 2.47. The molecule has 1 aliphatic heterocycles. The second-order valence-electron chi connectivity index (χ2n) is 5.66. The number of Topliss-reactive ketones (excluding diaryl/α,β-unsaturated/α-hetero) is 1. The lowest BCUT2D eigenvalue weighted by atomic mass is 9.71. The molecule has 1 saturated heterocycles. The number of ketones is 1. The van der Waals surface area contributed by atoms with Crippen LogP contribution in [0, 0.1) is 5.92 Å². The second-order valence-corrected chi connectivity index (χ2v) is 5.66. The van der Waals surface area contributed by atoms with E-state index in [1.807, 2.05) is 12.4 Å². The predicted molar refractivity (Wildman–Crippen MR) is 71.5 cm³/mol. The van der Waals surface area contributed by atoms with Crippen LogP contribution in [-0.4, -0.2) is 34.4 Å². The van der Waals surface area contributed by atoms with Gasteiger partial charge in [-0.3, -0.25) is 4.79 Å². The number of piperidine rings is 1. The molecule has 0 radical (unpaired) electrons. The van der Waals surface area contributed by atoms with Crippen molar-refractivity contribution >= 4 is 5.78 Å². The summed E-state index contributed by atoms with van der Waals surface area (Å²) in [5.41, 5.74) is 6.84. The summed E-state index contributed by atoms with van der Waals surface area (Å²) < 4.78 is 0. The number of hydrogen-bond donors (Lipinski definition) is 2. The SMILES string of the molecule is NCC1CC(=O)C2CC(c3cncnc3)CCC2N1. The second kappa shape index (κ2) is 5.35. The van der Waals surface area contributed by atoms with E-state index in [0.29, 0.717) is 30.7 Å². The lowest BCUT2D eigenvalue weighted by Gasteiger charge is -2.41. The molecule has 0 bridgehead atoms. The Kier molecular flexibility index (Phi) is 3.57. The summed E-state index contributed by atoms with van der Waals surface area (Å²) in [5, 5.41) is 3.53. The molecular weight excluding hydrogens is 240 g/mol. The van der Waals surface area contributed by atoms with Crippen molar-refractivity contribution in [2.75, 3.05) is 6.54 Å². The van der Waals surface area contributed by atoms with E-state index in [2.05, 4.69) is 15.3 Å². The van der Waals surface area contributed by atoms with Crippen LogP contribution in [0.3, 0.4) is 0 Å². The number of nitrogens with one attached hydrogen (secondary N) is 1. The van der Waals surface area contributed by atoms with Crippen molar-refractivity contribution in [1.82, 2.24) is 15.3 Å². The minimum atomic E-state index is 0.141. The zero-order valence-electron chi connectivity index (χ0n) is 11.0. The molecular formula is C14H20N4O. The monoisotopic (exact) mass is 260 g/mol. The molecule has 5 nitrogen and oxygen atoms in total. The Morgan fingerprint density at radius 1 is 1.32 bits per heavy atom. The third kappa shape index (κ3) is 2.53. The zero-order valence-corrected chi connectivity index (χ0v) is 11.0. The van der Waals surface area contributed by atoms with Gasteiger partial charge in [0.2, 0.25) is 0 Å². The molecule has 2 aliphatic rings. The molecule has 19 heavy (non-hydrogen) atoms. The zero-order chi connectivity index (χ0) is 13.2. The van der Waals surface area contributed by atoms with Gasteiger partial charge in [-0.25, -0.2) is 9.97 Å². The maximum Gasteiger partial charge on any atom is 0.139 e. The summed E-state index contributed by atoms with van der Waals surface area (Å²) in [5.74, 6) is 0.935. The molecule has 4 atom stereocenters. The molecule has 0 amide bonds. The summed E-state index contributed by atoms with van der Waals surface area (Å²) in [7, 11) is 0. The molecule has 1 aromatic heterocycles. The Morgan fingerprint density at radius 2 is 2.11 bits per heavy atom. The van der Waals surface area contributed by atoms with E-state index in [1.165, 1.54) is 0 Å². The fraction of sp³-hybridized carbons (Fsp3) is 0.643. The molecule has 5 heteroatoms. The van der Waals surface area contributed by atoms with E-state index in [-0.39, 0.29) is 12.0 Å². The van der Waals surface area contributed by atoms with Crippen LogP contribution in [0.5, 0.6) is 0 Å². The Balaban J connectivity index is 1.72. The largest absolute Gasteiger partial charge is 0.329 e. The van der Waals surface area contributed by atoms with Crippen molar-refractivity contribution in [3.05, 3.63) is 24.3 Å². The van der Waals surface area contributed by atoms with Crippen LogP contribution < -0.4 is 11.1 Å². The number of carbonyl (C=O) groups is 1. The van der Waals surface area contributed by atoms with E-state index >= 15 is 0 Å². The summed E-state index contributed by atoms with van der Waals surface area (Å²) in [6, 6.07) is 0.487. The summed E-state index contributed by atoms with van der Waals surface area (Å²) in [4.78, 5) is 20.4. The first-order valence-electron chi connectivity index (χ1n) is 7.01. The normalized spacial score (nSPS) is 34.9. The van der Waals surface area contributed by atoms with Gasteiger partial charge in [-0.15, -0.1) is 0 Å². The number of carbonyl (C=O) groups excluding carboxylic acids is 1. The van der Waals surface area contributed by atoms with Crippen molar-refractivity contribution in [2.45, 2.75) is 43.7 Å². The van der Waals surface area contributed by atoms with Gasteiger partial charge >= 0.3 is 0 Å². The molecule has 4 unspecified atom stereocenters. The molecule has 3 N–H and O–H groups in total. The minimum absolute atomic E-state index is 0.141. The van der Waals surface area contributed by atoms with E-state index in [4.69, 9.17) is 5.73 Å². The van der Waals surface area contributed by atoms with Crippen molar-refractivity contribution in [1.29, 1.82) is 0 Å². The quantitative estimate of drug-likeness (QED) is 0.814. The van der Waals surface area contributed by atoms with Gasteiger partial charge in [0, 0.05) is 43.4 Å². The van der Waals surface area contributed by atoms with Gasteiger partial charge in [-0.2, -0.15) is 0 Å². The minimum Gasteiger partial charge on any atom is -0.329 e. The highest BCUT2D eigenvalue weighted by molar-refractivity contribution is 5.83. The van der Waals surface area contributed by atoms with E-state index in [0.717, 1.165) is 24.8 Å². The molecule has 0 aromatic carbocycles. The highest BCUT2D eigenvalue weighted by Gasteiger charge is 2.40. The van der Waals surface area contributed by atoms with Crippen LogP contribution in [0.2, 0.25) is 0 Å². The van der Waals surface area contributed by atoms with Gasteiger partial charge in [0.15, 0.2) is 0 Å². The van der Waals surface area contributed by atoms with Crippen LogP contribution in [-0.2, 0) is 4.79 Å². The standard InChI is InChI=1S/C14H20N4O/c15-5-11-4-14(19)12-3-9(1-2-13(12)18-11)10-6-16-8-17-7-10/h6-9,11-13,18H,1-5,15H2. The van der Waals surface area contributed by atoms with Gasteiger partial charge in [0.1, 0.15) is 12.1 Å². The fourth-order valence-corrected chi connectivity index (χ4v) is 3.46. The molecule has 1 aliphatic carbocycles. The number of nitrogens with two attached hydrogens (primary N) is 1. The van der Waals surface area contributed by atoms with Gasteiger partial charge < -0.3 is 11.1 Å². The summed E-state index contributed by atoms with van der Waals surface area (Å²) in [6.07, 6.45) is 8.92. The Morgan fingerprint density at radius 3 is 2.84 bits per heavy atom. The first-order valence-corrected chi connectivity index (χ1v) is 7.01. The van der Waals surface area contributed by atoms with Crippen molar-refractivity contribution in [2.24, 2.45) is 11.7 Å². The lowest BCUT2D eigenvalue weighted by Crippen LogP contribution is -2.56. The van der Waals surface area contributed by atoms with Gasteiger partial charge in [0.05, 0.1) is 0 Å². The summed E-state index contributed by atoms with van der Waals surface area (Å²) in [6.45, 7) is 0.547. The fourth-order valence-electron chi connectivity index (χ4n) is 3.46. The molecule has 0 spiro atoms. The lowest BCUT2D eigenvalue weighted by molar-refractivity contribution is -0.127. The third-order valence-electron chi connectivity index (χ3n) is 4.50. The van der Waals surface area contributed by atoms with Crippen LogP contribution in [0.25, 0.3) is 0 Å². The Hall–Kier alpha value is -1.33. The summed E-state index contributed by atoms with van der Waals surface area (Å²) >= 11 is 0. The predicted octanol–water partition coefficient (Wildman–Crippen LogP) is 0.619. The number of rotatable bonds is 2. The molecule has 1 aromatic rings. The number of hydrogen-bond acceptors (Lipinski definition) is 5. The molecule has 1 saturated carbocycles. The van der Waals surface area contributed by atoms with Crippen LogP contribution in [0.4, 0.5) is 0 Å². The first kappa shape index (κ1) is 12.7. The molecule has 2 heterocycles. The van der Waals surface area contributed by atoms with Gasteiger partial charge in [-0.1, -0.05) is 0 Å². The Bertz CT molecular complexity index is 450. The van der Waals surface area contributed by atoms with Crippen molar-refractivity contribution in [3.8, 4) is 0 Å². The van der Waals surface area contributed by atoms with Crippen molar-refractivity contribution in [3.63, 3.8) is 0 Å². The first-order chi connectivity index (χ1) is 9.28. The van der Waals surface area contributed by atoms with E-state index < -0.39 is 0 Å². The number of aromatic nitrogens is 2. The van der Waals surface area contributed by atoms with Crippen LogP contribution in [0.15, 0.2) is 18.7 Å². The number of fused-ring (bicyclic) bond motifs is 1. The molecule has 2 fully saturated rings. The van der Waals surface area contributed by atoms with Gasteiger partial charge in [0.25, 0.3) is 0 Å². The Labute approximate surface area is 113 Å². The highest BCUT2D eigenvalue weighted by Crippen LogP contribution is 2.38. The van der Waals surface area contributed by atoms with Crippen molar-refractivity contribution < 1.29 is 4.79 Å². The average molecular weight is 260 g/mol. The molecule has 3 rings (SSSR count). The highest BCUT2D eigenvalue weighted by atomic mass is 16.1. The van der Waals surface area contributed by atoms with E-state index in [9.17, 15) is 4.79 Å². The number of nitrogens with zero attached hydrogens (tertiary/aromatic N) is 2. The van der Waals surface area contributed by atoms with Crippen LogP contribution >= 0.6 is 0 Å². The maximum absolute atomic E-state index is 12.2. The maximum atomic E-state index is 12.2. The molecule has 102 valence electrons. The van der Waals surface area contributed by atoms with E-state index in [1.54, 1.807) is 6.33 Å². The smallest absolute Gasteiger partial charge is 0.139 e. The van der Waals surface area contributed by atoms with Crippen LogP contribution in [0.1, 0.15) is 37.2 Å². The third-order valence-corrected chi connectivity index (χ3v) is 4.50.